The first kappa shape index (κ1) is 20.9. The van der Waals surface area contributed by atoms with Crippen LogP contribution in [0, 0.1) is 5.82 Å². The molecule has 0 saturated carbocycles. The maximum absolute atomic E-state index is 13.7. The Bertz CT molecular complexity index is 1590. The van der Waals surface area contributed by atoms with Crippen molar-refractivity contribution in [2.75, 3.05) is 0 Å². The van der Waals surface area contributed by atoms with Crippen molar-refractivity contribution in [3.63, 3.8) is 0 Å². The Kier molecular flexibility index (Phi) is 5.27. The average Bonchev–Trinajstić information content (AvgIpc) is 3.37. The largest absolute Gasteiger partial charge is 0.342 e. The molecule has 6 aromatic rings. The van der Waals surface area contributed by atoms with Gasteiger partial charge in [0.15, 0.2) is 0 Å². The third-order valence-corrected chi connectivity index (χ3v) is 7.79. The van der Waals surface area contributed by atoms with Gasteiger partial charge in [-0.15, -0.1) is 11.3 Å². The molecule has 0 saturated heterocycles. The van der Waals surface area contributed by atoms with Crippen LogP contribution in [-0.2, 0) is 19.9 Å². The zero-order chi connectivity index (χ0) is 23.1. The van der Waals surface area contributed by atoms with E-state index in [0.29, 0.717) is 0 Å². The summed E-state index contributed by atoms with van der Waals surface area (Å²) in [4.78, 5) is 0. The second-order valence-corrected chi connectivity index (χ2v) is 9.80. The number of fused-ring (bicyclic) bond motifs is 3. The first-order chi connectivity index (χ1) is 16.7. The smallest absolute Gasteiger partial charge is 0.123 e. The van der Waals surface area contributed by atoms with Crippen molar-refractivity contribution < 1.29 is 4.39 Å². The van der Waals surface area contributed by atoms with Crippen LogP contribution in [0.4, 0.5) is 4.39 Å². The molecule has 4 aromatic carbocycles. The van der Waals surface area contributed by atoms with E-state index >= 15 is 0 Å². The number of hydrogen-bond acceptors (Lipinski definition) is 1. The van der Waals surface area contributed by atoms with Crippen LogP contribution in [0.2, 0.25) is 0 Å². The summed E-state index contributed by atoms with van der Waals surface area (Å²) in [5, 5.41) is 2.50. The van der Waals surface area contributed by atoms with Crippen LogP contribution < -0.4 is 0 Å². The molecule has 0 radical (unpaired) electrons. The number of aryl methyl sites for hydroxylation is 2. The number of nitrogens with zero attached hydrogens (tertiary/aromatic N) is 1. The molecule has 0 aliphatic carbocycles. The van der Waals surface area contributed by atoms with Crippen molar-refractivity contribution in [2.45, 2.75) is 12.8 Å². The number of halogens is 1. The molecular weight excluding hydrogens is 437 g/mol. The Morgan fingerprint density at radius 3 is 1.97 bits per heavy atom. The highest BCUT2D eigenvalue weighted by atomic mass is 32.1. The second kappa shape index (κ2) is 8.58. The van der Waals surface area contributed by atoms with Crippen LogP contribution in [-0.4, -0.2) is 4.57 Å². The zero-order valence-corrected chi connectivity index (χ0v) is 19.8. The fourth-order valence-corrected chi connectivity index (χ4v) is 6.22. The Balaban J connectivity index is 1.45. The lowest BCUT2D eigenvalue weighted by atomic mass is 10.0. The van der Waals surface area contributed by atoms with Crippen LogP contribution in [0.25, 0.3) is 42.7 Å². The number of thiophene rings is 1. The van der Waals surface area contributed by atoms with E-state index in [9.17, 15) is 4.39 Å². The minimum atomic E-state index is -0.212. The van der Waals surface area contributed by atoms with Crippen molar-refractivity contribution in [3.8, 4) is 22.5 Å². The van der Waals surface area contributed by atoms with Crippen molar-refractivity contribution in [1.82, 2.24) is 4.57 Å². The maximum Gasteiger partial charge on any atom is 0.123 e. The third kappa shape index (κ3) is 3.63. The van der Waals surface area contributed by atoms with Gasteiger partial charge in [-0.05, 0) is 65.4 Å². The van der Waals surface area contributed by atoms with Crippen molar-refractivity contribution in [1.29, 1.82) is 0 Å². The third-order valence-electron chi connectivity index (χ3n) is 6.61. The predicted octanol–water partition coefficient (Wildman–Crippen LogP) is 8.65. The first-order valence-corrected chi connectivity index (χ1v) is 12.4. The lowest BCUT2D eigenvalue weighted by Crippen LogP contribution is -1.96. The quantitative estimate of drug-likeness (QED) is 0.242. The lowest BCUT2D eigenvalue weighted by Gasteiger charge is -2.10. The maximum atomic E-state index is 13.7. The highest BCUT2D eigenvalue weighted by Crippen LogP contribution is 2.46. The van der Waals surface area contributed by atoms with Crippen molar-refractivity contribution >= 4 is 31.5 Å². The minimum absolute atomic E-state index is 0.212. The Hall–Kier alpha value is -3.69. The molecule has 0 aliphatic heterocycles. The van der Waals surface area contributed by atoms with Gasteiger partial charge in [0.2, 0.25) is 0 Å². The minimum Gasteiger partial charge on any atom is -0.342 e. The molecular formula is C31H24FNS. The number of hydrogen-bond donors (Lipinski definition) is 0. The number of aromatic nitrogens is 1. The normalized spacial score (nSPS) is 11.5. The van der Waals surface area contributed by atoms with E-state index < -0.39 is 0 Å². The molecule has 0 unspecified atom stereocenters. The topological polar surface area (TPSA) is 4.93 Å². The number of benzene rings is 4. The van der Waals surface area contributed by atoms with E-state index in [0.717, 1.165) is 24.1 Å². The molecule has 0 aliphatic rings. The average molecular weight is 462 g/mol. The van der Waals surface area contributed by atoms with Gasteiger partial charge in [0.1, 0.15) is 5.82 Å². The van der Waals surface area contributed by atoms with Crippen LogP contribution in [0.1, 0.15) is 11.1 Å². The fraction of sp³-hybridized carbons (Fsp3) is 0.0968. The van der Waals surface area contributed by atoms with Gasteiger partial charge in [0, 0.05) is 22.5 Å². The number of rotatable bonds is 5. The Labute approximate surface area is 202 Å². The van der Waals surface area contributed by atoms with Crippen LogP contribution in [0.5, 0.6) is 0 Å². The Morgan fingerprint density at radius 2 is 1.24 bits per heavy atom. The molecule has 0 bridgehead atoms. The van der Waals surface area contributed by atoms with Crippen molar-refractivity contribution in [2.24, 2.45) is 7.05 Å². The molecule has 0 spiro atoms. The second-order valence-electron chi connectivity index (χ2n) is 8.75. The summed E-state index contributed by atoms with van der Waals surface area (Å²) in [5.41, 5.74) is 7.29. The molecule has 0 amide bonds. The molecule has 1 nitrogen and oxygen atoms in total. The van der Waals surface area contributed by atoms with Gasteiger partial charge in [0.05, 0.1) is 16.1 Å². The fourth-order valence-electron chi connectivity index (χ4n) is 4.91. The van der Waals surface area contributed by atoms with E-state index in [1.54, 1.807) is 12.1 Å². The summed E-state index contributed by atoms with van der Waals surface area (Å²) >= 11 is 1.83. The van der Waals surface area contributed by atoms with E-state index in [1.165, 1.54) is 42.6 Å². The highest BCUT2D eigenvalue weighted by molar-refractivity contribution is 7.26. The van der Waals surface area contributed by atoms with Gasteiger partial charge in [-0.25, -0.2) is 4.39 Å². The first-order valence-electron chi connectivity index (χ1n) is 11.6. The summed E-state index contributed by atoms with van der Waals surface area (Å²) in [6.45, 7) is 0. The summed E-state index contributed by atoms with van der Waals surface area (Å²) in [6.07, 6.45) is 2.07. The molecule has 2 aromatic heterocycles. The highest BCUT2D eigenvalue weighted by Gasteiger charge is 2.21. The van der Waals surface area contributed by atoms with E-state index in [1.807, 2.05) is 23.5 Å². The van der Waals surface area contributed by atoms with E-state index in [2.05, 4.69) is 90.5 Å². The molecule has 0 N–H and O–H groups in total. The molecule has 2 heterocycles. The standard InChI is InChI=1S/C31H24FNS/c1-33-29(23-17-19-25(32)20-18-23)28-26-9-5-6-10-27(26)34-31(28)30(33)24-15-13-22(14-16-24)12-11-21-7-3-2-4-8-21/h2-10,13-20H,11-12H2,1H3. The van der Waals surface area contributed by atoms with Crippen molar-refractivity contribution in [3.05, 3.63) is 120 Å². The molecule has 6 rings (SSSR count). The molecule has 0 atom stereocenters. The van der Waals surface area contributed by atoms with Gasteiger partial charge in [0.25, 0.3) is 0 Å². The summed E-state index contributed by atoms with van der Waals surface area (Å²) in [7, 11) is 2.12. The van der Waals surface area contributed by atoms with Gasteiger partial charge < -0.3 is 4.57 Å². The van der Waals surface area contributed by atoms with Crippen LogP contribution in [0.15, 0.2) is 103 Å². The zero-order valence-electron chi connectivity index (χ0n) is 19.0. The van der Waals surface area contributed by atoms with Gasteiger partial charge >= 0.3 is 0 Å². The van der Waals surface area contributed by atoms with Gasteiger partial charge in [-0.1, -0.05) is 72.8 Å². The summed E-state index contributed by atoms with van der Waals surface area (Å²) < 4.78 is 18.5. The van der Waals surface area contributed by atoms with E-state index in [-0.39, 0.29) is 5.82 Å². The van der Waals surface area contributed by atoms with E-state index in [4.69, 9.17) is 0 Å². The Morgan fingerprint density at radius 1 is 0.647 bits per heavy atom. The van der Waals surface area contributed by atoms with Crippen LogP contribution >= 0.6 is 11.3 Å². The van der Waals surface area contributed by atoms with Crippen LogP contribution in [0.3, 0.4) is 0 Å². The van der Waals surface area contributed by atoms with Gasteiger partial charge in [-0.3, -0.25) is 0 Å². The molecule has 34 heavy (non-hydrogen) atoms. The van der Waals surface area contributed by atoms with Gasteiger partial charge in [-0.2, -0.15) is 0 Å². The lowest BCUT2D eigenvalue weighted by molar-refractivity contribution is 0.628. The predicted molar refractivity (Wildman–Crippen MR) is 143 cm³/mol. The molecule has 3 heteroatoms. The SMILES string of the molecule is Cn1c(-c2ccc(CCc3ccccc3)cc2)c2sc3ccccc3c2c1-c1ccc(F)cc1. The summed E-state index contributed by atoms with van der Waals surface area (Å²) in [5.74, 6) is -0.212. The molecule has 0 fully saturated rings. The monoisotopic (exact) mass is 461 g/mol. The molecule has 166 valence electrons. The summed E-state index contributed by atoms with van der Waals surface area (Å²) in [6, 6.07) is 35.1.